The van der Waals surface area contributed by atoms with Gasteiger partial charge in [0.05, 0.1) is 46.7 Å². The van der Waals surface area contributed by atoms with Crippen LogP contribution in [0.5, 0.6) is 0 Å². The van der Waals surface area contributed by atoms with Gasteiger partial charge in [-0.05, 0) is 62.1 Å². The molecule has 2 aliphatic heterocycles. The lowest BCUT2D eigenvalue weighted by molar-refractivity contribution is -0.645. The van der Waals surface area contributed by atoms with Crippen molar-refractivity contribution in [2.24, 2.45) is 24.3 Å². The minimum absolute atomic E-state index is 0.398. The van der Waals surface area contributed by atoms with E-state index < -0.39 is 10.4 Å². The van der Waals surface area contributed by atoms with E-state index in [0.717, 1.165) is 24.0 Å². The molecular formula is C40H40N6O4S. The molecule has 0 spiro atoms. The van der Waals surface area contributed by atoms with Crippen LogP contribution in [0.15, 0.2) is 132 Å². The highest BCUT2D eigenvalue weighted by Gasteiger charge is 2.26. The maximum absolute atomic E-state index is 8.52. The Labute approximate surface area is 298 Å². The van der Waals surface area contributed by atoms with Gasteiger partial charge in [0, 0.05) is 45.8 Å². The molecule has 10 nitrogen and oxygen atoms in total. The van der Waals surface area contributed by atoms with Crippen LogP contribution in [-0.4, -0.2) is 42.0 Å². The van der Waals surface area contributed by atoms with Crippen LogP contribution in [0.3, 0.4) is 0 Å². The number of nitrogens with zero attached hydrogens (tertiary/aromatic N) is 6. The zero-order valence-electron chi connectivity index (χ0n) is 29.0. The first-order chi connectivity index (χ1) is 24.5. The molecule has 2 unspecified atom stereocenters. The Morgan fingerprint density at radius 1 is 0.608 bits per heavy atom. The normalized spacial score (nSPS) is 16.6. The summed E-state index contributed by atoms with van der Waals surface area (Å²) >= 11 is 0. The van der Waals surface area contributed by atoms with Gasteiger partial charge in [0.15, 0.2) is 12.4 Å². The second-order valence-electron chi connectivity index (χ2n) is 12.7. The summed E-state index contributed by atoms with van der Waals surface area (Å²) in [5.74, 6) is 0. The van der Waals surface area contributed by atoms with Crippen molar-refractivity contribution in [2.45, 2.75) is 38.8 Å². The van der Waals surface area contributed by atoms with E-state index in [1.165, 1.54) is 44.3 Å². The largest absolute Gasteiger partial charge is 0.759 e. The predicted molar refractivity (Wildman–Crippen MR) is 200 cm³/mol. The number of hydrogen-bond acceptors (Lipinski definition) is 8. The van der Waals surface area contributed by atoms with Gasteiger partial charge >= 0.3 is 0 Å². The smallest absolute Gasteiger partial charge is 0.212 e. The fourth-order valence-corrected chi connectivity index (χ4v) is 6.70. The number of benzene rings is 4. The highest BCUT2D eigenvalue weighted by molar-refractivity contribution is 7.79. The molecule has 260 valence electrons. The number of rotatable bonds is 4. The molecule has 0 saturated carbocycles. The minimum Gasteiger partial charge on any atom is -0.759 e. The molecule has 0 bridgehead atoms. The first-order valence-corrected chi connectivity index (χ1v) is 18.0. The number of hydrogen-bond donors (Lipinski definition) is 0. The summed E-state index contributed by atoms with van der Waals surface area (Å²) < 4.78 is 38.4. The van der Waals surface area contributed by atoms with Gasteiger partial charge in [-0.2, -0.15) is 10.2 Å². The van der Waals surface area contributed by atoms with Crippen LogP contribution in [0.4, 0.5) is 11.4 Å². The van der Waals surface area contributed by atoms with E-state index >= 15 is 0 Å². The first-order valence-electron chi connectivity index (χ1n) is 16.7. The Bertz CT molecular complexity index is 2200. The molecule has 0 amide bonds. The Morgan fingerprint density at radius 3 is 1.37 bits per heavy atom. The average molecular weight is 701 g/mol. The topological polar surface area (TPSA) is 119 Å². The number of aryl methyl sites for hydroxylation is 2. The Kier molecular flexibility index (Phi) is 10.5. The molecule has 4 aromatic carbocycles. The first kappa shape index (κ1) is 35.3. The van der Waals surface area contributed by atoms with E-state index in [0.29, 0.717) is 12.1 Å². The van der Waals surface area contributed by atoms with E-state index in [9.17, 15) is 0 Å². The maximum Gasteiger partial charge on any atom is 0.212 e. The van der Waals surface area contributed by atoms with Crippen LogP contribution in [0, 0.1) is 0 Å². The monoisotopic (exact) mass is 700 g/mol. The van der Waals surface area contributed by atoms with Crippen LogP contribution < -0.4 is 19.2 Å². The van der Waals surface area contributed by atoms with Crippen molar-refractivity contribution in [3.05, 3.63) is 144 Å². The summed E-state index contributed by atoms with van der Waals surface area (Å²) in [5, 5.41) is 16.3. The molecule has 4 heterocycles. The Balaban J connectivity index is 0.000000156. The quantitative estimate of drug-likeness (QED) is 0.103. The molecule has 0 saturated heterocycles. The maximum atomic E-state index is 8.52. The molecule has 0 N–H and O–H groups in total. The molecule has 2 aromatic heterocycles. The Hall–Kier alpha value is -5.49. The summed E-state index contributed by atoms with van der Waals surface area (Å²) in [6.07, 6.45) is 10.3. The van der Waals surface area contributed by atoms with Crippen molar-refractivity contribution in [3.8, 4) is 0 Å². The van der Waals surface area contributed by atoms with Crippen LogP contribution in [0.2, 0.25) is 0 Å². The van der Waals surface area contributed by atoms with Crippen molar-refractivity contribution in [3.63, 3.8) is 0 Å². The summed E-state index contributed by atoms with van der Waals surface area (Å²) in [4.78, 5) is 0. The number of anilines is 2. The molecule has 8 rings (SSSR count). The van der Waals surface area contributed by atoms with Gasteiger partial charge < -0.3 is 9.11 Å². The van der Waals surface area contributed by atoms with Crippen LogP contribution >= 0.6 is 0 Å². The van der Waals surface area contributed by atoms with E-state index in [4.69, 9.17) is 27.7 Å². The van der Waals surface area contributed by atoms with E-state index in [-0.39, 0.29) is 0 Å². The van der Waals surface area contributed by atoms with Crippen molar-refractivity contribution < 1.29 is 26.7 Å². The highest BCUT2D eigenvalue weighted by atomic mass is 32.3. The van der Waals surface area contributed by atoms with E-state index in [1.807, 2.05) is 12.4 Å². The minimum atomic E-state index is -5.17. The number of fused-ring (bicyclic) bond motifs is 4. The van der Waals surface area contributed by atoms with E-state index in [1.54, 1.807) is 0 Å². The number of hydrazone groups is 2. The fraction of sp³-hybridized carbons (Fsp3) is 0.200. The third kappa shape index (κ3) is 8.29. The Morgan fingerprint density at radius 2 is 0.961 bits per heavy atom. The number of para-hydroxylation sites is 4. The molecular weight excluding hydrogens is 661 g/mol. The zero-order chi connectivity index (χ0) is 36.1. The van der Waals surface area contributed by atoms with Crippen LogP contribution in [-0.2, 0) is 37.3 Å². The second-order valence-corrected chi connectivity index (χ2v) is 13.6. The lowest BCUT2D eigenvalue weighted by Crippen LogP contribution is -2.28. The van der Waals surface area contributed by atoms with Crippen LogP contribution in [0.1, 0.15) is 36.1 Å². The summed E-state index contributed by atoms with van der Waals surface area (Å²) in [7, 11) is -1.02. The van der Waals surface area contributed by atoms with E-state index in [2.05, 4.69) is 169 Å². The third-order valence-electron chi connectivity index (χ3n) is 9.13. The standard InChI is InChI=1S/2C20H20N3.H2O4S/c2*1-15-13-16-7-3-5-9-19(16)23(15)21-14-17-11-12-22(2)20-10-6-4-8-18(17)20;1-5(2,3)4/h2*3-12,14-15H,13H2,1-2H3;(H2,1,2,3,4)/q2*+1;/p-2. The van der Waals surface area contributed by atoms with Gasteiger partial charge in [0.25, 0.3) is 0 Å². The summed E-state index contributed by atoms with van der Waals surface area (Å²) in [6, 6.07) is 39.0. The molecule has 11 heteroatoms. The van der Waals surface area contributed by atoms with Crippen molar-refractivity contribution in [1.82, 2.24) is 0 Å². The second kappa shape index (κ2) is 15.2. The molecule has 0 fully saturated rings. The van der Waals surface area contributed by atoms with Crippen molar-refractivity contribution in [2.75, 3.05) is 10.0 Å². The van der Waals surface area contributed by atoms with Gasteiger partial charge in [0.2, 0.25) is 11.0 Å². The van der Waals surface area contributed by atoms with Crippen molar-refractivity contribution in [1.29, 1.82) is 0 Å². The van der Waals surface area contributed by atoms with Gasteiger partial charge in [-0.25, -0.2) is 9.13 Å². The molecule has 51 heavy (non-hydrogen) atoms. The molecule has 0 radical (unpaired) electrons. The van der Waals surface area contributed by atoms with Gasteiger partial charge in [-0.3, -0.25) is 18.4 Å². The summed E-state index contributed by atoms with van der Waals surface area (Å²) in [6.45, 7) is 4.45. The summed E-state index contributed by atoms with van der Waals surface area (Å²) in [5.41, 5.74) is 9.93. The zero-order valence-corrected chi connectivity index (χ0v) is 29.8. The van der Waals surface area contributed by atoms with Crippen LogP contribution in [0.25, 0.3) is 21.8 Å². The molecule has 2 atom stereocenters. The van der Waals surface area contributed by atoms with Gasteiger partial charge in [-0.15, -0.1) is 0 Å². The molecule has 6 aromatic rings. The van der Waals surface area contributed by atoms with Gasteiger partial charge in [-0.1, -0.05) is 60.7 Å². The third-order valence-corrected chi connectivity index (χ3v) is 9.13. The fourth-order valence-electron chi connectivity index (χ4n) is 6.70. The lowest BCUT2D eigenvalue weighted by Gasteiger charge is -2.18. The van der Waals surface area contributed by atoms with Gasteiger partial charge in [0.1, 0.15) is 14.1 Å². The molecule has 0 aliphatic carbocycles. The molecule has 2 aliphatic rings. The SMILES string of the molecule is CC1Cc2ccccc2N1N=Cc1cc[n+](C)c2ccccc12.CC1Cc2ccccc2N1N=Cc1cc[n+](C)c2ccccc12.O=S(=O)([O-])[O-]. The lowest BCUT2D eigenvalue weighted by atomic mass is 10.1. The average Bonchev–Trinajstić information content (AvgIpc) is 3.61. The van der Waals surface area contributed by atoms with Crippen molar-refractivity contribution >= 4 is 56.0 Å². The predicted octanol–water partition coefficient (Wildman–Crippen LogP) is 5.56. The highest BCUT2D eigenvalue weighted by Crippen LogP contribution is 2.33. The number of aromatic nitrogens is 2. The number of pyridine rings is 2.